The van der Waals surface area contributed by atoms with Gasteiger partial charge >= 0.3 is 0 Å². The van der Waals surface area contributed by atoms with Crippen molar-refractivity contribution in [2.75, 3.05) is 19.7 Å². The number of hydrogen-bond donors (Lipinski definition) is 0. The molecule has 0 aliphatic carbocycles. The summed E-state index contributed by atoms with van der Waals surface area (Å²) in [7, 11) is 0. The lowest BCUT2D eigenvalue weighted by Crippen LogP contribution is -2.44. The highest BCUT2D eigenvalue weighted by Gasteiger charge is 2.25. The standard InChI is InChI=1S/C16H21NO3/c1-12-7-13(2)9-17(8-12)16(19)11-20-15-5-3-14(10-18)4-6-15/h3-6,10,12-13H,7-9,11H2,1-2H3. The molecule has 1 heterocycles. The quantitative estimate of drug-likeness (QED) is 0.793. The van der Waals surface area contributed by atoms with Crippen molar-refractivity contribution in [1.29, 1.82) is 0 Å². The molecule has 4 heteroatoms. The Morgan fingerprint density at radius 2 is 1.85 bits per heavy atom. The Bertz CT molecular complexity index is 459. The van der Waals surface area contributed by atoms with Gasteiger partial charge in [-0.25, -0.2) is 0 Å². The van der Waals surface area contributed by atoms with Crippen molar-refractivity contribution in [3.63, 3.8) is 0 Å². The third-order valence-corrected chi connectivity index (χ3v) is 3.60. The molecule has 1 aliphatic rings. The zero-order valence-electron chi connectivity index (χ0n) is 12.0. The lowest BCUT2D eigenvalue weighted by molar-refractivity contribution is -0.136. The SMILES string of the molecule is CC1CC(C)CN(C(=O)COc2ccc(C=O)cc2)C1. The van der Waals surface area contributed by atoms with E-state index < -0.39 is 0 Å². The van der Waals surface area contributed by atoms with E-state index in [0.29, 0.717) is 23.1 Å². The summed E-state index contributed by atoms with van der Waals surface area (Å²) >= 11 is 0. The number of hydrogen-bond acceptors (Lipinski definition) is 3. The van der Waals surface area contributed by atoms with Crippen molar-refractivity contribution in [1.82, 2.24) is 4.90 Å². The first-order chi connectivity index (χ1) is 9.58. The Morgan fingerprint density at radius 1 is 1.25 bits per heavy atom. The van der Waals surface area contributed by atoms with E-state index in [4.69, 9.17) is 4.74 Å². The molecule has 1 amide bonds. The van der Waals surface area contributed by atoms with Crippen molar-refractivity contribution in [3.8, 4) is 5.75 Å². The minimum Gasteiger partial charge on any atom is -0.484 e. The molecule has 1 fully saturated rings. The fourth-order valence-corrected chi connectivity index (χ4v) is 2.75. The number of carbonyl (C=O) groups excluding carboxylic acids is 2. The molecule has 2 rings (SSSR count). The second kappa shape index (κ2) is 6.55. The first-order valence-electron chi connectivity index (χ1n) is 7.04. The minimum atomic E-state index is 0.0304. The van der Waals surface area contributed by atoms with E-state index in [-0.39, 0.29) is 12.5 Å². The van der Waals surface area contributed by atoms with Crippen molar-refractivity contribution in [2.45, 2.75) is 20.3 Å². The van der Waals surface area contributed by atoms with Crippen molar-refractivity contribution >= 4 is 12.2 Å². The number of rotatable bonds is 4. The van der Waals surface area contributed by atoms with Crippen LogP contribution in [0.25, 0.3) is 0 Å². The fourth-order valence-electron chi connectivity index (χ4n) is 2.75. The molecule has 0 saturated carbocycles. The predicted octanol–water partition coefficient (Wildman–Crippen LogP) is 2.38. The van der Waals surface area contributed by atoms with Gasteiger partial charge in [0, 0.05) is 18.7 Å². The highest BCUT2D eigenvalue weighted by molar-refractivity contribution is 5.78. The molecule has 0 bridgehead atoms. The van der Waals surface area contributed by atoms with Crippen molar-refractivity contribution in [3.05, 3.63) is 29.8 Å². The molecule has 0 N–H and O–H groups in total. The Kier molecular flexibility index (Phi) is 4.77. The maximum absolute atomic E-state index is 12.1. The van der Waals surface area contributed by atoms with Gasteiger partial charge in [-0.05, 0) is 42.5 Å². The van der Waals surface area contributed by atoms with Crippen LogP contribution in [0.3, 0.4) is 0 Å². The van der Waals surface area contributed by atoms with Crippen LogP contribution in [0.4, 0.5) is 0 Å². The molecule has 0 spiro atoms. The maximum atomic E-state index is 12.1. The Balaban J connectivity index is 1.86. The van der Waals surface area contributed by atoms with Gasteiger partial charge in [-0.1, -0.05) is 13.8 Å². The van der Waals surface area contributed by atoms with Gasteiger partial charge in [0.15, 0.2) is 6.61 Å². The van der Waals surface area contributed by atoms with E-state index in [1.54, 1.807) is 24.3 Å². The maximum Gasteiger partial charge on any atom is 0.260 e. The van der Waals surface area contributed by atoms with Crippen LogP contribution in [0, 0.1) is 11.8 Å². The summed E-state index contributed by atoms with van der Waals surface area (Å²) in [5.41, 5.74) is 0.599. The van der Waals surface area contributed by atoms with Gasteiger partial charge in [-0.15, -0.1) is 0 Å². The predicted molar refractivity (Wildman–Crippen MR) is 76.8 cm³/mol. The number of benzene rings is 1. The molecule has 2 unspecified atom stereocenters. The average molecular weight is 275 g/mol. The van der Waals surface area contributed by atoms with Gasteiger partial charge < -0.3 is 9.64 Å². The lowest BCUT2D eigenvalue weighted by Gasteiger charge is -2.34. The zero-order valence-corrected chi connectivity index (χ0v) is 12.0. The van der Waals surface area contributed by atoms with E-state index in [2.05, 4.69) is 13.8 Å². The first-order valence-corrected chi connectivity index (χ1v) is 7.04. The number of ether oxygens (including phenoxy) is 1. The summed E-state index contributed by atoms with van der Waals surface area (Å²) < 4.78 is 5.48. The zero-order chi connectivity index (χ0) is 14.5. The van der Waals surface area contributed by atoms with Crippen molar-refractivity contribution in [2.24, 2.45) is 11.8 Å². The van der Waals surface area contributed by atoms with Crippen LogP contribution in [0.15, 0.2) is 24.3 Å². The molecule has 1 saturated heterocycles. The molecule has 1 aromatic rings. The second-order valence-electron chi connectivity index (χ2n) is 5.72. The monoisotopic (exact) mass is 275 g/mol. The van der Waals surface area contributed by atoms with Gasteiger partial charge in [0.2, 0.25) is 0 Å². The lowest BCUT2D eigenvalue weighted by atomic mass is 9.92. The van der Waals surface area contributed by atoms with Crippen molar-refractivity contribution < 1.29 is 14.3 Å². The summed E-state index contributed by atoms with van der Waals surface area (Å²) in [5, 5.41) is 0. The number of nitrogens with zero attached hydrogens (tertiary/aromatic N) is 1. The molecule has 0 aromatic heterocycles. The van der Waals surface area contributed by atoms with Gasteiger partial charge in [0.05, 0.1) is 0 Å². The number of piperidine rings is 1. The van der Waals surface area contributed by atoms with Gasteiger partial charge in [-0.3, -0.25) is 9.59 Å². The molecular formula is C16H21NO3. The third-order valence-electron chi connectivity index (χ3n) is 3.60. The van der Waals surface area contributed by atoms with E-state index in [0.717, 1.165) is 19.4 Å². The number of amides is 1. The summed E-state index contributed by atoms with van der Waals surface area (Å²) in [5.74, 6) is 1.74. The van der Waals surface area contributed by atoms with Crippen LogP contribution in [0.5, 0.6) is 5.75 Å². The average Bonchev–Trinajstić information content (AvgIpc) is 2.44. The Morgan fingerprint density at radius 3 is 2.40 bits per heavy atom. The van der Waals surface area contributed by atoms with Gasteiger partial charge in [0.1, 0.15) is 12.0 Å². The number of carbonyl (C=O) groups is 2. The molecule has 0 radical (unpaired) electrons. The highest BCUT2D eigenvalue weighted by Crippen LogP contribution is 2.21. The van der Waals surface area contributed by atoms with Crippen LogP contribution in [-0.4, -0.2) is 36.8 Å². The largest absolute Gasteiger partial charge is 0.484 e. The van der Waals surface area contributed by atoms with Crippen LogP contribution >= 0.6 is 0 Å². The molecule has 2 atom stereocenters. The molecule has 108 valence electrons. The van der Waals surface area contributed by atoms with E-state index in [9.17, 15) is 9.59 Å². The van der Waals surface area contributed by atoms with E-state index in [1.807, 2.05) is 4.90 Å². The molecule has 4 nitrogen and oxygen atoms in total. The van der Waals surface area contributed by atoms with E-state index >= 15 is 0 Å². The van der Waals surface area contributed by atoms with E-state index in [1.165, 1.54) is 6.42 Å². The Hall–Kier alpha value is -1.84. The fraction of sp³-hybridized carbons (Fsp3) is 0.500. The molecular weight excluding hydrogens is 254 g/mol. The molecule has 20 heavy (non-hydrogen) atoms. The number of aldehydes is 1. The Labute approximate surface area is 119 Å². The number of likely N-dealkylation sites (tertiary alicyclic amines) is 1. The smallest absolute Gasteiger partial charge is 0.260 e. The van der Waals surface area contributed by atoms with Gasteiger partial charge in [-0.2, -0.15) is 0 Å². The van der Waals surface area contributed by atoms with Crippen LogP contribution in [0.2, 0.25) is 0 Å². The van der Waals surface area contributed by atoms with Crippen LogP contribution in [-0.2, 0) is 4.79 Å². The second-order valence-corrected chi connectivity index (χ2v) is 5.72. The first kappa shape index (κ1) is 14.6. The summed E-state index contributed by atoms with van der Waals surface area (Å²) in [6, 6.07) is 6.77. The van der Waals surface area contributed by atoms with Crippen LogP contribution < -0.4 is 4.74 Å². The van der Waals surface area contributed by atoms with Gasteiger partial charge in [0.25, 0.3) is 5.91 Å². The summed E-state index contributed by atoms with van der Waals surface area (Å²) in [4.78, 5) is 24.6. The normalized spacial score (nSPS) is 22.4. The highest BCUT2D eigenvalue weighted by atomic mass is 16.5. The molecule has 1 aromatic carbocycles. The van der Waals surface area contributed by atoms with Crippen LogP contribution in [0.1, 0.15) is 30.6 Å². The minimum absolute atomic E-state index is 0.0304. The summed E-state index contributed by atoms with van der Waals surface area (Å²) in [6.45, 7) is 6.04. The topological polar surface area (TPSA) is 46.6 Å². The summed E-state index contributed by atoms with van der Waals surface area (Å²) in [6.07, 6.45) is 1.96. The third kappa shape index (κ3) is 3.83. The molecule has 1 aliphatic heterocycles.